The van der Waals surface area contributed by atoms with Gasteiger partial charge in [0.1, 0.15) is 30.2 Å². The maximum absolute atomic E-state index is 16.1. The fourth-order valence-electron chi connectivity index (χ4n) is 9.34. The Morgan fingerprint density at radius 1 is 0.981 bits per heavy atom. The van der Waals surface area contributed by atoms with Crippen LogP contribution in [0.3, 0.4) is 0 Å². The van der Waals surface area contributed by atoms with Crippen molar-refractivity contribution in [3.8, 4) is 0 Å². The molecule has 0 spiro atoms. The fraction of sp³-hybridized carbons (Fsp3) is 0.810. The molecule has 3 saturated heterocycles. The Bertz CT molecular complexity index is 1430. The van der Waals surface area contributed by atoms with Crippen molar-refractivity contribution in [1.29, 1.82) is 0 Å². The lowest BCUT2D eigenvalue weighted by Gasteiger charge is -2.47. The number of carbonyl (C=O) groups excluding carboxylic acids is 4. The summed E-state index contributed by atoms with van der Waals surface area (Å²) in [5, 5.41) is 12.0. The zero-order chi connectivity index (χ0) is 39.5. The van der Waals surface area contributed by atoms with Gasteiger partial charge in [-0.1, -0.05) is 39.8 Å². The van der Waals surface area contributed by atoms with Crippen LogP contribution in [0.25, 0.3) is 0 Å². The number of ketones is 2. The molecule has 12 unspecified atom stereocenters. The van der Waals surface area contributed by atoms with Crippen LogP contribution < -0.4 is 0 Å². The topological polar surface area (TPSA) is 141 Å². The number of methoxy groups -OCH3 is 2. The standard InChI is InChI=1S/C42H64FNO10/c1-9-29-19-24(3)36(43)25(4)20-34(50-7)38-35(51-8)21-27(6)42(49,54-38)39(46)40(47)44-17-11-10-12-30(44)41(48)53-37(23(2)13-15-31(29)45)26(5)18-28-14-16-32-33(22-28)52-32/h18-19,23,25,27-30,32-38,49H,9-17,20-22H2,1-8H3/t23?,25?,27?,28?,29?,30?,32-,33+,34?,35?,36?,37?,38?,42?/m1/s1. The Hall–Kier alpha value is -2.51. The number of piperidine rings is 1. The lowest BCUT2D eigenvalue weighted by atomic mass is 9.81. The number of carbonyl (C=O) groups is 4. The second kappa shape index (κ2) is 18.2. The average Bonchev–Trinajstić information content (AvgIpc) is 3.95. The number of amides is 1. The number of esters is 1. The minimum Gasteiger partial charge on any atom is -0.456 e. The molecule has 0 radical (unpaired) electrons. The van der Waals surface area contributed by atoms with Gasteiger partial charge in [0, 0.05) is 39.0 Å². The molecule has 12 heteroatoms. The Kier molecular flexibility index (Phi) is 14.3. The molecule has 1 saturated carbocycles. The molecule has 304 valence electrons. The summed E-state index contributed by atoms with van der Waals surface area (Å²) < 4.78 is 45.9. The summed E-state index contributed by atoms with van der Waals surface area (Å²) in [6.07, 6.45) is 5.82. The smallest absolute Gasteiger partial charge is 0.329 e. The van der Waals surface area contributed by atoms with E-state index >= 15 is 4.39 Å². The Balaban J connectivity index is 1.51. The van der Waals surface area contributed by atoms with Crippen molar-refractivity contribution in [2.24, 2.45) is 29.6 Å². The van der Waals surface area contributed by atoms with E-state index in [0.29, 0.717) is 43.8 Å². The van der Waals surface area contributed by atoms with Crippen LogP contribution in [-0.4, -0.2) is 109 Å². The molecule has 1 N–H and O–H groups in total. The number of hydrogen-bond donors (Lipinski definition) is 1. The number of alkyl halides is 1. The van der Waals surface area contributed by atoms with Crippen LogP contribution in [0.1, 0.15) is 112 Å². The van der Waals surface area contributed by atoms with E-state index in [2.05, 4.69) is 6.08 Å². The zero-order valence-electron chi connectivity index (χ0n) is 33.6. The minimum atomic E-state index is -2.54. The normalized spacial score (nSPS) is 42.3. The summed E-state index contributed by atoms with van der Waals surface area (Å²) in [7, 11) is 2.93. The molecule has 1 amide bonds. The van der Waals surface area contributed by atoms with Gasteiger partial charge >= 0.3 is 5.97 Å². The summed E-state index contributed by atoms with van der Waals surface area (Å²) in [4.78, 5) is 57.4. The molecule has 11 nitrogen and oxygen atoms in total. The van der Waals surface area contributed by atoms with Crippen LogP contribution in [0.15, 0.2) is 23.3 Å². The van der Waals surface area contributed by atoms with Crippen molar-refractivity contribution in [1.82, 2.24) is 4.90 Å². The highest BCUT2D eigenvalue weighted by Crippen LogP contribution is 2.42. The van der Waals surface area contributed by atoms with Crippen molar-refractivity contribution in [2.75, 3.05) is 20.8 Å². The third-order valence-electron chi connectivity index (χ3n) is 12.9. The molecule has 5 aliphatic rings. The van der Waals surface area contributed by atoms with Gasteiger partial charge in [0.2, 0.25) is 5.79 Å². The zero-order valence-corrected chi connectivity index (χ0v) is 33.6. The first kappa shape index (κ1) is 42.6. The lowest BCUT2D eigenvalue weighted by molar-refractivity contribution is -0.302. The number of rotatable bonds is 5. The maximum atomic E-state index is 16.1. The van der Waals surface area contributed by atoms with Crippen LogP contribution >= 0.6 is 0 Å². The molecule has 4 fully saturated rings. The molecule has 54 heavy (non-hydrogen) atoms. The third-order valence-corrected chi connectivity index (χ3v) is 12.9. The summed E-state index contributed by atoms with van der Waals surface area (Å²) >= 11 is 0. The molecule has 14 atom stereocenters. The van der Waals surface area contributed by atoms with E-state index in [1.165, 1.54) is 19.1 Å². The van der Waals surface area contributed by atoms with E-state index in [-0.39, 0.29) is 49.5 Å². The molecule has 2 bridgehead atoms. The van der Waals surface area contributed by atoms with Crippen LogP contribution in [0.2, 0.25) is 0 Å². The molecule has 4 heterocycles. The third kappa shape index (κ3) is 9.36. The minimum absolute atomic E-state index is 0.00496. The van der Waals surface area contributed by atoms with Crippen LogP contribution in [-0.2, 0) is 42.9 Å². The van der Waals surface area contributed by atoms with E-state index in [0.717, 1.165) is 24.8 Å². The molecular weight excluding hydrogens is 697 g/mol. The van der Waals surface area contributed by atoms with Crippen molar-refractivity contribution in [2.45, 2.75) is 167 Å². The number of halogens is 1. The van der Waals surface area contributed by atoms with Crippen molar-refractivity contribution < 1.29 is 52.4 Å². The van der Waals surface area contributed by atoms with E-state index in [9.17, 15) is 24.3 Å². The molecule has 1 aliphatic carbocycles. The van der Waals surface area contributed by atoms with Gasteiger partial charge in [0.25, 0.3) is 11.7 Å². The highest BCUT2D eigenvalue weighted by atomic mass is 19.1. The number of nitrogens with zero attached hydrogens (tertiary/aromatic N) is 1. The van der Waals surface area contributed by atoms with E-state index in [1.807, 2.05) is 20.8 Å². The van der Waals surface area contributed by atoms with Gasteiger partial charge in [-0.25, -0.2) is 9.18 Å². The second-order valence-corrected chi connectivity index (χ2v) is 16.9. The van der Waals surface area contributed by atoms with Crippen molar-refractivity contribution in [3.63, 3.8) is 0 Å². The summed E-state index contributed by atoms with van der Waals surface area (Å²) in [6.45, 7) is 11.0. The quantitative estimate of drug-likeness (QED) is 0.157. The van der Waals surface area contributed by atoms with Crippen molar-refractivity contribution in [3.05, 3.63) is 23.3 Å². The van der Waals surface area contributed by atoms with Crippen molar-refractivity contribution >= 4 is 23.4 Å². The first-order valence-corrected chi connectivity index (χ1v) is 20.3. The summed E-state index contributed by atoms with van der Waals surface area (Å²) in [5.41, 5.74) is 1.31. The maximum Gasteiger partial charge on any atom is 0.329 e. The molecule has 4 aliphatic heterocycles. The molecular formula is C42H64FNO10. The summed E-state index contributed by atoms with van der Waals surface area (Å²) in [6, 6.07) is -1.04. The highest BCUT2D eigenvalue weighted by molar-refractivity contribution is 6.39. The second-order valence-electron chi connectivity index (χ2n) is 16.9. The predicted octanol–water partition coefficient (Wildman–Crippen LogP) is 5.84. The number of aliphatic hydroxyl groups is 1. The monoisotopic (exact) mass is 761 g/mol. The van der Waals surface area contributed by atoms with Gasteiger partial charge in [0.15, 0.2) is 0 Å². The largest absolute Gasteiger partial charge is 0.456 e. The first-order chi connectivity index (χ1) is 25.6. The van der Waals surface area contributed by atoms with Crippen LogP contribution in [0.5, 0.6) is 0 Å². The van der Waals surface area contributed by atoms with Gasteiger partial charge in [-0.2, -0.15) is 0 Å². The number of allylic oxidation sites excluding steroid dienone is 3. The highest BCUT2D eigenvalue weighted by Gasteiger charge is 2.57. The average molecular weight is 762 g/mol. The van der Waals surface area contributed by atoms with Crippen LogP contribution in [0.4, 0.5) is 4.39 Å². The van der Waals surface area contributed by atoms with E-state index in [4.69, 9.17) is 23.7 Å². The molecule has 5 rings (SSSR count). The van der Waals surface area contributed by atoms with Gasteiger partial charge in [-0.15, -0.1) is 0 Å². The number of ether oxygens (including phenoxy) is 5. The Morgan fingerprint density at radius 3 is 2.35 bits per heavy atom. The molecule has 0 aromatic rings. The SMILES string of the molecule is CCC1C=C(C)C(F)C(C)CC(OC)C2OC(O)(C(=O)C(=O)N3CCCCC3C(=O)OC(C(C)=CC3CC[C@H]4O[C@H]4C3)C(C)CCC1=O)C(C)CC2OC. The van der Waals surface area contributed by atoms with Gasteiger partial charge < -0.3 is 33.7 Å². The van der Waals surface area contributed by atoms with Gasteiger partial charge in [0.05, 0.1) is 24.4 Å². The number of fused-ring (bicyclic) bond motifs is 4. The first-order valence-electron chi connectivity index (χ1n) is 20.3. The van der Waals surface area contributed by atoms with E-state index < -0.39 is 77.8 Å². The lowest BCUT2D eigenvalue weighted by Crippen LogP contribution is -2.64. The Morgan fingerprint density at radius 2 is 1.69 bits per heavy atom. The number of cyclic esters (lactones) is 1. The molecule has 0 aromatic carbocycles. The summed E-state index contributed by atoms with van der Waals surface area (Å²) in [5.74, 6) is -7.27. The van der Waals surface area contributed by atoms with Gasteiger partial charge in [-0.3, -0.25) is 14.4 Å². The van der Waals surface area contributed by atoms with Crippen LogP contribution in [0, 0.1) is 29.6 Å². The fourth-order valence-corrected chi connectivity index (χ4v) is 9.34. The number of hydrogen-bond acceptors (Lipinski definition) is 10. The number of Topliss-reactive ketones (excluding diaryl/α,β-unsaturated/α-hetero) is 2. The number of epoxide rings is 1. The Labute approximate surface area is 320 Å². The van der Waals surface area contributed by atoms with E-state index in [1.54, 1.807) is 26.8 Å². The predicted molar refractivity (Wildman–Crippen MR) is 199 cm³/mol. The van der Waals surface area contributed by atoms with Gasteiger partial charge in [-0.05, 0) is 107 Å². The molecule has 0 aromatic heterocycles.